The number of rotatable bonds is 8. The Labute approximate surface area is 182 Å². The third kappa shape index (κ3) is 5.95. The van der Waals surface area contributed by atoms with E-state index in [9.17, 15) is 14.4 Å². The van der Waals surface area contributed by atoms with Crippen molar-refractivity contribution in [3.05, 3.63) is 82.0 Å². The van der Waals surface area contributed by atoms with Gasteiger partial charge in [-0.15, -0.1) is 23.1 Å². The van der Waals surface area contributed by atoms with E-state index in [2.05, 4.69) is 21.4 Å². The van der Waals surface area contributed by atoms with Crippen molar-refractivity contribution in [2.45, 2.75) is 10.6 Å². The van der Waals surface area contributed by atoms with Crippen LogP contribution in [-0.2, 0) is 15.3 Å². The Kier molecular flexibility index (Phi) is 7.64. The van der Waals surface area contributed by atoms with Crippen molar-refractivity contribution in [3.63, 3.8) is 0 Å². The molecule has 30 heavy (non-hydrogen) atoms. The Morgan fingerprint density at radius 2 is 1.73 bits per heavy atom. The monoisotopic (exact) mass is 440 g/mol. The SMILES string of the molecule is COC(=O)CNC(=O)c1ccc(NC(=O)c2ccccc2SCc2cccs2)cc1. The molecular formula is C22H20N2O4S2. The maximum atomic E-state index is 12.8. The highest BCUT2D eigenvalue weighted by atomic mass is 32.2. The highest BCUT2D eigenvalue weighted by Gasteiger charge is 2.13. The van der Waals surface area contributed by atoms with Crippen LogP contribution in [0, 0.1) is 0 Å². The molecule has 0 aliphatic rings. The Bertz CT molecular complexity index is 1020. The van der Waals surface area contributed by atoms with Crippen LogP contribution in [-0.4, -0.2) is 31.4 Å². The van der Waals surface area contributed by atoms with Gasteiger partial charge in [-0.1, -0.05) is 18.2 Å². The fraction of sp³-hybridized carbons (Fsp3) is 0.136. The second-order valence-electron chi connectivity index (χ2n) is 6.15. The summed E-state index contributed by atoms with van der Waals surface area (Å²) < 4.78 is 4.49. The van der Waals surface area contributed by atoms with E-state index in [0.29, 0.717) is 16.8 Å². The molecule has 2 amide bonds. The van der Waals surface area contributed by atoms with Gasteiger partial charge in [-0.25, -0.2) is 0 Å². The normalized spacial score (nSPS) is 10.3. The molecule has 0 aliphatic carbocycles. The third-order valence-corrected chi connectivity index (χ3v) is 6.29. The van der Waals surface area contributed by atoms with Crippen molar-refractivity contribution in [1.82, 2.24) is 5.32 Å². The number of carbonyl (C=O) groups is 3. The Morgan fingerprint density at radius 3 is 2.43 bits per heavy atom. The number of amides is 2. The highest BCUT2D eigenvalue weighted by molar-refractivity contribution is 7.98. The van der Waals surface area contributed by atoms with Crippen LogP contribution < -0.4 is 10.6 Å². The molecule has 0 bridgehead atoms. The number of thiophene rings is 1. The number of methoxy groups -OCH3 is 1. The zero-order chi connectivity index (χ0) is 21.3. The van der Waals surface area contributed by atoms with Crippen LogP contribution >= 0.6 is 23.1 Å². The number of hydrogen-bond acceptors (Lipinski definition) is 6. The van der Waals surface area contributed by atoms with Crippen molar-refractivity contribution >= 4 is 46.6 Å². The Morgan fingerprint density at radius 1 is 0.967 bits per heavy atom. The number of hydrogen-bond donors (Lipinski definition) is 2. The topological polar surface area (TPSA) is 84.5 Å². The molecule has 0 atom stereocenters. The van der Waals surface area contributed by atoms with E-state index < -0.39 is 11.9 Å². The molecule has 0 aliphatic heterocycles. The summed E-state index contributed by atoms with van der Waals surface area (Å²) in [5.74, 6) is -0.333. The van der Waals surface area contributed by atoms with Gasteiger partial charge < -0.3 is 15.4 Å². The molecule has 1 heterocycles. The predicted octanol–water partition coefficient (Wildman–Crippen LogP) is 4.20. The van der Waals surface area contributed by atoms with Crippen molar-refractivity contribution in [2.75, 3.05) is 19.0 Å². The summed E-state index contributed by atoms with van der Waals surface area (Å²) in [5, 5.41) is 7.36. The largest absolute Gasteiger partial charge is 0.468 e. The molecule has 0 saturated carbocycles. The molecule has 0 unspecified atom stereocenters. The summed E-state index contributed by atoms with van der Waals surface area (Å²) in [6.07, 6.45) is 0. The van der Waals surface area contributed by atoms with Gasteiger partial charge in [0.1, 0.15) is 6.54 Å². The van der Waals surface area contributed by atoms with E-state index in [1.54, 1.807) is 53.4 Å². The van der Waals surface area contributed by atoms with Crippen LogP contribution in [0.4, 0.5) is 5.69 Å². The van der Waals surface area contributed by atoms with Gasteiger partial charge in [0.05, 0.1) is 12.7 Å². The molecule has 8 heteroatoms. The van der Waals surface area contributed by atoms with E-state index in [4.69, 9.17) is 0 Å². The number of ether oxygens (including phenoxy) is 1. The Balaban J connectivity index is 1.62. The fourth-order valence-electron chi connectivity index (χ4n) is 2.55. The summed E-state index contributed by atoms with van der Waals surface area (Å²) in [6.45, 7) is -0.201. The van der Waals surface area contributed by atoms with Crippen molar-refractivity contribution in [1.29, 1.82) is 0 Å². The molecule has 154 valence electrons. The lowest BCUT2D eigenvalue weighted by Crippen LogP contribution is -2.30. The lowest BCUT2D eigenvalue weighted by Gasteiger charge is -2.10. The number of benzene rings is 2. The minimum atomic E-state index is -0.525. The smallest absolute Gasteiger partial charge is 0.325 e. The van der Waals surface area contributed by atoms with Gasteiger partial charge >= 0.3 is 5.97 Å². The predicted molar refractivity (Wildman–Crippen MR) is 119 cm³/mol. The fourth-order valence-corrected chi connectivity index (χ4v) is 4.38. The van der Waals surface area contributed by atoms with E-state index in [0.717, 1.165) is 10.6 Å². The van der Waals surface area contributed by atoms with Crippen LogP contribution in [0.3, 0.4) is 0 Å². The molecule has 3 rings (SSSR count). The maximum absolute atomic E-state index is 12.8. The van der Waals surface area contributed by atoms with Crippen molar-refractivity contribution in [3.8, 4) is 0 Å². The molecule has 2 N–H and O–H groups in total. The van der Waals surface area contributed by atoms with Gasteiger partial charge in [-0.3, -0.25) is 14.4 Å². The first-order valence-corrected chi connectivity index (χ1v) is 10.9. The zero-order valence-electron chi connectivity index (χ0n) is 16.2. The lowest BCUT2D eigenvalue weighted by atomic mass is 10.1. The van der Waals surface area contributed by atoms with Crippen LogP contribution in [0.5, 0.6) is 0 Å². The molecule has 0 spiro atoms. The third-order valence-electron chi connectivity index (χ3n) is 4.11. The number of nitrogens with one attached hydrogen (secondary N) is 2. The molecule has 0 saturated heterocycles. The zero-order valence-corrected chi connectivity index (χ0v) is 17.8. The second kappa shape index (κ2) is 10.6. The van der Waals surface area contributed by atoms with E-state index in [-0.39, 0.29) is 12.5 Å². The summed E-state index contributed by atoms with van der Waals surface area (Å²) in [4.78, 5) is 38.1. The number of thioether (sulfide) groups is 1. The van der Waals surface area contributed by atoms with Gasteiger partial charge in [0.2, 0.25) is 0 Å². The van der Waals surface area contributed by atoms with Crippen molar-refractivity contribution < 1.29 is 19.1 Å². The van der Waals surface area contributed by atoms with Crippen molar-refractivity contribution in [2.24, 2.45) is 0 Å². The van der Waals surface area contributed by atoms with E-state index >= 15 is 0 Å². The van der Waals surface area contributed by atoms with Crippen LogP contribution in [0.2, 0.25) is 0 Å². The van der Waals surface area contributed by atoms with Gasteiger partial charge in [0.25, 0.3) is 11.8 Å². The van der Waals surface area contributed by atoms with Gasteiger partial charge in [-0.2, -0.15) is 0 Å². The number of carbonyl (C=O) groups excluding carboxylic acids is 3. The average Bonchev–Trinajstić information content (AvgIpc) is 3.30. The molecule has 0 radical (unpaired) electrons. The molecular weight excluding hydrogens is 420 g/mol. The van der Waals surface area contributed by atoms with Gasteiger partial charge in [0.15, 0.2) is 0 Å². The van der Waals surface area contributed by atoms with Crippen LogP contribution in [0.1, 0.15) is 25.6 Å². The molecule has 6 nitrogen and oxygen atoms in total. The Hall–Kier alpha value is -3.10. The lowest BCUT2D eigenvalue weighted by molar-refractivity contribution is -0.139. The standard InChI is InChI=1S/C22H20N2O4S2/c1-28-20(25)13-23-21(26)15-8-10-16(11-9-15)24-22(27)18-6-2-3-7-19(18)30-14-17-5-4-12-29-17/h2-12H,13-14H2,1H3,(H,23,26)(H,24,27). The number of anilines is 1. The minimum Gasteiger partial charge on any atom is -0.468 e. The first-order valence-electron chi connectivity index (χ1n) is 9.07. The quantitative estimate of drug-likeness (QED) is 0.405. The summed E-state index contributed by atoms with van der Waals surface area (Å²) >= 11 is 3.31. The average molecular weight is 441 g/mol. The molecule has 1 aromatic heterocycles. The first-order chi connectivity index (χ1) is 14.6. The molecule has 0 fully saturated rings. The highest BCUT2D eigenvalue weighted by Crippen LogP contribution is 2.28. The maximum Gasteiger partial charge on any atom is 0.325 e. The minimum absolute atomic E-state index is 0.201. The molecule has 2 aromatic carbocycles. The summed E-state index contributed by atoms with van der Waals surface area (Å²) in [5.41, 5.74) is 1.55. The van der Waals surface area contributed by atoms with Gasteiger partial charge in [-0.05, 0) is 47.8 Å². The van der Waals surface area contributed by atoms with E-state index in [1.807, 2.05) is 29.6 Å². The molecule has 3 aromatic rings. The number of esters is 1. The van der Waals surface area contributed by atoms with Crippen LogP contribution in [0.15, 0.2) is 70.9 Å². The van der Waals surface area contributed by atoms with E-state index in [1.165, 1.54) is 12.0 Å². The summed E-state index contributed by atoms with van der Waals surface area (Å²) in [6, 6.07) is 18.0. The van der Waals surface area contributed by atoms with Crippen LogP contribution in [0.25, 0.3) is 0 Å². The van der Waals surface area contributed by atoms with Gasteiger partial charge in [0, 0.05) is 26.8 Å². The first kappa shape index (κ1) is 21.6. The second-order valence-corrected chi connectivity index (χ2v) is 8.20. The summed E-state index contributed by atoms with van der Waals surface area (Å²) in [7, 11) is 1.25.